The lowest BCUT2D eigenvalue weighted by molar-refractivity contribution is -0.136. The van der Waals surface area contributed by atoms with Crippen LogP contribution in [-0.2, 0) is 26.9 Å². The summed E-state index contributed by atoms with van der Waals surface area (Å²) in [7, 11) is -4.36. The molecule has 0 atom stereocenters. The third-order valence-corrected chi connectivity index (χ3v) is 6.26. The van der Waals surface area contributed by atoms with Gasteiger partial charge in [-0.15, -0.1) is 0 Å². The van der Waals surface area contributed by atoms with Crippen LogP contribution in [-0.4, -0.2) is 45.4 Å². The van der Waals surface area contributed by atoms with E-state index in [0.29, 0.717) is 34.6 Å². The number of carboxylic acid groups (broad SMARTS) is 1. The van der Waals surface area contributed by atoms with Crippen molar-refractivity contribution in [1.29, 1.82) is 0 Å². The maximum absolute atomic E-state index is 14.4. The number of halogens is 1. The minimum atomic E-state index is -4.36. The van der Waals surface area contributed by atoms with Crippen molar-refractivity contribution in [3.05, 3.63) is 59.8 Å². The molecule has 0 aliphatic heterocycles. The van der Waals surface area contributed by atoms with Gasteiger partial charge in [0.25, 0.3) is 10.1 Å². The number of pyridine rings is 1. The SMILES string of the molecule is CC(C)c1cc(F)cc(-c2ccnc(NCC(C)(C)n3cc(S(=O)(=O)O)cn3)c2)c1CC(=O)O. The van der Waals surface area contributed by atoms with Crippen LogP contribution in [0.5, 0.6) is 0 Å². The number of rotatable bonds is 9. The molecule has 0 bridgehead atoms. The van der Waals surface area contributed by atoms with Crippen molar-refractivity contribution < 1.29 is 27.3 Å². The lowest BCUT2D eigenvalue weighted by Crippen LogP contribution is -2.35. The summed E-state index contributed by atoms with van der Waals surface area (Å²) in [5.74, 6) is -1.06. The van der Waals surface area contributed by atoms with Crippen LogP contribution in [0.4, 0.5) is 10.2 Å². The fourth-order valence-electron chi connectivity index (χ4n) is 3.63. The molecular weight excluding hydrogens is 463 g/mol. The molecule has 3 aromatic rings. The van der Waals surface area contributed by atoms with E-state index in [4.69, 9.17) is 0 Å². The molecule has 1 aromatic carbocycles. The van der Waals surface area contributed by atoms with E-state index >= 15 is 0 Å². The van der Waals surface area contributed by atoms with E-state index in [1.807, 2.05) is 27.7 Å². The number of nitrogens with zero attached hydrogens (tertiary/aromatic N) is 3. The van der Waals surface area contributed by atoms with Gasteiger partial charge in [0, 0.05) is 18.9 Å². The number of carboxylic acids is 1. The molecule has 0 unspecified atom stereocenters. The van der Waals surface area contributed by atoms with Gasteiger partial charge in [0.1, 0.15) is 16.5 Å². The summed E-state index contributed by atoms with van der Waals surface area (Å²) in [6, 6.07) is 6.09. The number of nitrogens with one attached hydrogen (secondary N) is 1. The number of hydrogen-bond acceptors (Lipinski definition) is 6. The maximum Gasteiger partial charge on any atom is 0.307 e. The molecule has 0 spiro atoms. The predicted octanol–water partition coefficient (Wildman–Crippen LogP) is 3.93. The molecule has 34 heavy (non-hydrogen) atoms. The second kappa shape index (κ2) is 9.51. The van der Waals surface area contributed by atoms with E-state index in [1.54, 1.807) is 18.3 Å². The van der Waals surface area contributed by atoms with Gasteiger partial charge in [-0.05, 0) is 66.3 Å². The largest absolute Gasteiger partial charge is 0.481 e. The minimum absolute atomic E-state index is 0.0641. The van der Waals surface area contributed by atoms with Crippen LogP contribution < -0.4 is 5.32 Å². The van der Waals surface area contributed by atoms with E-state index in [1.165, 1.54) is 23.0 Å². The molecular formula is C23H27FN4O5S. The molecule has 3 N–H and O–H groups in total. The third-order valence-electron chi connectivity index (χ3n) is 5.45. The Bertz CT molecular complexity index is 1320. The molecule has 0 saturated carbocycles. The second-order valence-electron chi connectivity index (χ2n) is 8.94. The van der Waals surface area contributed by atoms with Gasteiger partial charge in [-0.2, -0.15) is 13.5 Å². The van der Waals surface area contributed by atoms with Crippen LogP contribution in [0.2, 0.25) is 0 Å². The zero-order chi connectivity index (χ0) is 25.3. The summed E-state index contributed by atoms with van der Waals surface area (Å²) in [5, 5.41) is 16.6. The van der Waals surface area contributed by atoms with Crippen LogP contribution >= 0.6 is 0 Å². The van der Waals surface area contributed by atoms with Gasteiger partial charge in [-0.25, -0.2) is 9.37 Å². The minimum Gasteiger partial charge on any atom is -0.481 e. The molecule has 2 heterocycles. The third kappa shape index (κ3) is 5.78. The summed E-state index contributed by atoms with van der Waals surface area (Å²) in [6.07, 6.45) is 3.60. The molecule has 0 aliphatic rings. The lowest BCUT2D eigenvalue weighted by atomic mass is 9.88. The van der Waals surface area contributed by atoms with Gasteiger partial charge in [0.15, 0.2) is 0 Å². The highest BCUT2D eigenvalue weighted by Crippen LogP contribution is 2.33. The normalized spacial score (nSPS) is 12.2. The molecule has 0 saturated heterocycles. The lowest BCUT2D eigenvalue weighted by Gasteiger charge is -2.26. The van der Waals surface area contributed by atoms with E-state index in [0.717, 1.165) is 6.20 Å². The summed E-state index contributed by atoms with van der Waals surface area (Å²) >= 11 is 0. The quantitative estimate of drug-likeness (QED) is 0.384. The van der Waals surface area contributed by atoms with Crippen molar-refractivity contribution >= 4 is 21.9 Å². The fraction of sp³-hybridized carbons (Fsp3) is 0.348. The Morgan fingerprint density at radius 3 is 2.56 bits per heavy atom. The molecule has 0 radical (unpaired) electrons. The van der Waals surface area contributed by atoms with Gasteiger partial charge < -0.3 is 10.4 Å². The molecule has 2 aromatic heterocycles. The number of anilines is 1. The molecule has 0 amide bonds. The first-order valence-corrected chi connectivity index (χ1v) is 12.0. The Hall–Kier alpha value is -3.31. The van der Waals surface area contributed by atoms with Crippen molar-refractivity contribution in [1.82, 2.24) is 14.8 Å². The van der Waals surface area contributed by atoms with Gasteiger partial charge in [0.2, 0.25) is 0 Å². The van der Waals surface area contributed by atoms with Crippen LogP contribution in [0.3, 0.4) is 0 Å². The van der Waals surface area contributed by atoms with Crippen LogP contribution in [0.25, 0.3) is 11.1 Å². The summed E-state index contributed by atoms with van der Waals surface area (Å²) in [5.41, 5.74) is 1.59. The van der Waals surface area contributed by atoms with Crippen LogP contribution in [0.15, 0.2) is 47.8 Å². The van der Waals surface area contributed by atoms with E-state index in [9.17, 15) is 27.3 Å². The zero-order valence-electron chi connectivity index (χ0n) is 19.3. The Morgan fingerprint density at radius 1 is 1.26 bits per heavy atom. The van der Waals surface area contributed by atoms with Gasteiger partial charge in [0.05, 0.1) is 18.2 Å². The first-order chi connectivity index (χ1) is 15.8. The van der Waals surface area contributed by atoms with Crippen molar-refractivity contribution in [3.63, 3.8) is 0 Å². The summed E-state index contributed by atoms with van der Waals surface area (Å²) < 4.78 is 47.7. The first kappa shape index (κ1) is 25.3. The van der Waals surface area contributed by atoms with Gasteiger partial charge in [-0.1, -0.05) is 13.8 Å². The summed E-state index contributed by atoms with van der Waals surface area (Å²) in [6.45, 7) is 7.69. The number of hydrogen-bond donors (Lipinski definition) is 3. The average molecular weight is 491 g/mol. The highest BCUT2D eigenvalue weighted by atomic mass is 32.2. The van der Waals surface area contributed by atoms with E-state index in [2.05, 4.69) is 15.4 Å². The van der Waals surface area contributed by atoms with E-state index < -0.39 is 27.4 Å². The van der Waals surface area contributed by atoms with Crippen molar-refractivity contribution in [2.45, 2.75) is 50.5 Å². The van der Waals surface area contributed by atoms with Gasteiger partial charge in [-0.3, -0.25) is 14.0 Å². The Balaban J connectivity index is 1.91. The van der Waals surface area contributed by atoms with Crippen LogP contribution in [0.1, 0.15) is 44.7 Å². The molecule has 3 rings (SSSR count). The molecule has 9 nitrogen and oxygen atoms in total. The number of aliphatic carboxylic acids is 1. The highest BCUT2D eigenvalue weighted by Gasteiger charge is 2.24. The first-order valence-electron chi connectivity index (χ1n) is 10.5. The smallest absolute Gasteiger partial charge is 0.307 e. The number of aromatic nitrogens is 3. The van der Waals surface area contributed by atoms with Gasteiger partial charge >= 0.3 is 5.97 Å². The average Bonchev–Trinajstić information content (AvgIpc) is 3.25. The monoisotopic (exact) mass is 490 g/mol. The predicted molar refractivity (Wildman–Crippen MR) is 125 cm³/mol. The topological polar surface area (TPSA) is 134 Å². The number of carbonyl (C=O) groups is 1. The Labute approximate surface area is 197 Å². The van der Waals surface area contributed by atoms with E-state index in [-0.39, 0.29) is 17.2 Å². The summed E-state index contributed by atoms with van der Waals surface area (Å²) in [4.78, 5) is 15.5. The standard InChI is InChI=1S/C23H27FN4O5S/c1-14(2)18-8-16(24)9-19(20(18)10-22(29)30)15-5-6-25-21(7-15)26-13-23(3,4)28-12-17(11-27-28)34(31,32)33/h5-9,11-12,14H,10,13H2,1-4H3,(H,25,26)(H,29,30)(H,31,32,33). The Kier molecular flexibility index (Phi) is 7.08. The maximum atomic E-state index is 14.4. The second-order valence-corrected chi connectivity index (χ2v) is 10.4. The van der Waals surface area contributed by atoms with Crippen molar-refractivity contribution in [2.75, 3.05) is 11.9 Å². The van der Waals surface area contributed by atoms with Crippen LogP contribution in [0, 0.1) is 5.82 Å². The molecule has 0 aliphatic carbocycles. The van der Waals surface area contributed by atoms with Crippen molar-refractivity contribution in [2.24, 2.45) is 0 Å². The highest BCUT2D eigenvalue weighted by molar-refractivity contribution is 7.85. The molecule has 11 heteroatoms. The molecule has 182 valence electrons. The molecule has 0 fully saturated rings. The Morgan fingerprint density at radius 2 is 1.97 bits per heavy atom. The number of benzene rings is 1. The van der Waals surface area contributed by atoms with Crippen molar-refractivity contribution in [3.8, 4) is 11.1 Å². The fourth-order valence-corrected chi connectivity index (χ4v) is 4.05. The zero-order valence-corrected chi connectivity index (χ0v) is 20.1.